The Kier molecular flexibility index (Phi) is 18.6. The highest BCUT2D eigenvalue weighted by molar-refractivity contribution is 7.15. The lowest BCUT2D eigenvalue weighted by Crippen LogP contribution is -2.61. The Hall–Kier alpha value is -7.82. The largest absolute Gasteiger partial charge is 0.370 e. The number of nitrogens with two attached hydrogens (primary N) is 1. The van der Waals surface area contributed by atoms with Gasteiger partial charge in [0.1, 0.15) is 53.7 Å². The number of carbonyl (C=O) groups excluding carboxylic acids is 8. The Morgan fingerprint density at radius 2 is 1.48 bits per heavy atom. The van der Waals surface area contributed by atoms with Gasteiger partial charge in [-0.2, -0.15) is 0 Å². The quantitative estimate of drug-likeness (QED) is 0.100. The maximum atomic E-state index is 14.7. The van der Waals surface area contributed by atoms with Crippen molar-refractivity contribution >= 4 is 75.9 Å². The number of amides is 8. The van der Waals surface area contributed by atoms with Gasteiger partial charge in [-0.15, -0.1) is 21.5 Å². The van der Waals surface area contributed by atoms with Gasteiger partial charge in [0.05, 0.1) is 18.7 Å². The van der Waals surface area contributed by atoms with Crippen molar-refractivity contribution in [1.29, 1.82) is 0 Å². The van der Waals surface area contributed by atoms with E-state index < -0.39 is 102 Å². The molecule has 3 aromatic carbocycles. The van der Waals surface area contributed by atoms with Gasteiger partial charge in [0.2, 0.25) is 47.3 Å². The molecule has 8 N–H and O–H groups in total. The van der Waals surface area contributed by atoms with E-state index in [1.54, 1.807) is 44.2 Å². The summed E-state index contributed by atoms with van der Waals surface area (Å²) in [5.41, 5.74) is 10.5. The summed E-state index contributed by atoms with van der Waals surface area (Å²) in [5, 5.41) is 26.7. The summed E-state index contributed by atoms with van der Waals surface area (Å²) in [7, 11) is 0. The number of rotatable bonds is 11. The number of halogens is 1. The number of ether oxygens (including phenoxy) is 1. The third-order valence-corrected chi connectivity index (χ3v) is 15.8. The van der Waals surface area contributed by atoms with Gasteiger partial charge in [0.15, 0.2) is 5.82 Å². The lowest BCUT2D eigenvalue weighted by Gasteiger charge is -2.35. The van der Waals surface area contributed by atoms with E-state index in [1.165, 1.54) is 4.90 Å². The molecule has 8 rings (SSSR count). The molecule has 422 valence electrons. The van der Waals surface area contributed by atoms with Gasteiger partial charge < -0.3 is 47.3 Å². The number of aryl methyl sites for hydroxylation is 2. The average molecular weight is 1130 g/mol. The summed E-state index contributed by atoms with van der Waals surface area (Å²) in [6.45, 7) is 10.1. The molecule has 0 spiro atoms. The summed E-state index contributed by atoms with van der Waals surface area (Å²) in [6, 6.07) is 17.0. The van der Waals surface area contributed by atoms with Gasteiger partial charge in [-0.05, 0) is 79.8 Å². The zero-order valence-electron chi connectivity index (χ0n) is 45.5. The molecule has 0 aliphatic carbocycles. The first-order chi connectivity index (χ1) is 38.2. The van der Waals surface area contributed by atoms with Crippen molar-refractivity contribution in [3.63, 3.8) is 0 Å². The predicted octanol–water partition coefficient (Wildman–Crippen LogP) is 3.60. The van der Waals surface area contributed by atoms with Crippen LogP contribution < -0.4 is 37.6 Å². The summed E-state index contributed by atoms with van der Waals surface area (Å²) in [4.78, 5) is 120. The molecule has 2 fully saturated rings. The maximum absolute atomic E-state index is 14.7. The maximum Gasteiger partial charge on any atom is 0.246 e. The molecule has 5 heterocycles. The summed E-state index contributed by atoms with van der Waals surface area (Å²) in [5.74, 6) is -4.60. The Morgan fingerprint density at radius 3 is 2.17 bits per heavy atom. The first-order valence-corrected chi connectivity index (χ1v) is 27.8. The van der Waals surface area contributed by atoms with Crippen LogP contribution in [0, 0.1) is 26.2 Å². The van der Waals surface area contributed by atoms with Crippen LogP contribution >= 0.6 is 22.9 Å². The Bertz CT molecular complexity index is 3170. The summed E-state index contributed by atoms with van der Waals surface area (Å²) in [6.07, 6.45) is -0.268. The van der Waals surface area contributed by atoms with Gasteiger partial charge in [0.25, 0.3) is 0 Å². The van der Waals surface area contributed by atoms with E-state index >= 15 is 0 Å². The van der Waals surface area contributed by atoms with Gasteiger partial charge in [-0.25, -0.2) is 0 Å². The third kappa shape index (κ3) is 13.9. The molecule has 6 atom stereocenters. The minimum Gasteiger partial charge on any atom is -0.370 e. The Balaban J connectivity index is 1.08. The number of carbonyl (C=O) groups is 8. The molecule has 1 unspecified atom stereocenters. The molecule has 5 aromatic rings. The zero-order chi connectivity index (χ0) is 57.4. The van der Waals surface area contributed by atoms with Crippen molar-refractivity contribution in [1.82, 2.24) is 51.6 Å². The molecule has 3 aliphatic rings. The van der Waals surface area contributed by atoms with Crippen molar-refractivity contribution in [2.45, 2.75) is 116 Å². The standard InChI is InChI=1S/C57H67ClN12O9S/c1-31-32(2)80-56-47(31)48(37-18-20-38(58)21-19-37)62-40(50-68-67-33(3)70(50)56)28-45(72)61-29-42-51(74)60-24-26-79-30-46(73)66-49(57(4,5)6)55(78)69-25-10-13-43(69)54(77)64-41(53(76)63-39(52(75)65-42)22-23-44(59)71)27-34-14-16-36(17-15-34)35-11-8-7-9-12-35/h7-9,11-12,14-21,39-43,49H,10,13,22-30H2,1-6H3,(H2,59,71)(H,60,74)(H,61,72)(H,63,76)(H,64,77)(H,65,75)(H,66,73)/t39-,40+,41-,42-,43+,49?/m1/s1. The highest BCUT2D eigenvalue weighted by Gasteiger charge is 2.43. The number of fused-ring (bicyclic) bond motifs is 4. The number of thiophene rings is 1. The predicted molar refractivity (Wildman–Crippen MR) is 301 cm³/mol. The third-order valence-electron chi connectivity index (χ3n) is 14.4. The van der Waals surface area contributed by atoms with Crippen LogP contribution in [0.15, 0.2) is 83.9 Å². The zero-order valence-corrected chi connectivity index (χ0v) is 47.1. The summed E-state index contributed by atoms with van der Waals surface area (Å²) >= 11 is 7.86. The Labute approximate surface area is 472 Å². The van der Waals surface area contributed by atoms with E-state index in [1.807, 2.05) is 92.1 Å². The second-order valence-corrected chi connectivity index (χ2v) is 22.9. The van der Waals surface area contributed by atoms with Crippen LogP contribution in [0.25, 0.3) is 16.1 Å². The normalized spacial score (nSPS) is 21.7. The van der Waals surface area contributed by atoms with Gasteiger partial charge >= 0.3 is 0 Å². The lowest BCUT2D eigenvalue weighted by atomic mass is 9.85. The van der Waals surface area contributed by atoms with E-state index in [9.17, 15) is 38.4 Å². The van der Waals surface area contributed by atoms with Crippen LogP contribution in [-0.4, -0.2) is 136 Å². The van der Waals surface area contributed by atoms with Crippen molar-refractivity contribution in [3.05, 3.63) is 123 Å². The first kappa shape index (κ1) is 58.3. The fourth-order valence-electron chi connectivity index (χ4n) is 9.94. The van der Waals surface area contributed by atoms with Crippen LogP contribution in [-0.2, 0) is 49.5 Å². The number of nitrogens with one attached hydrogen (secondary N) is 6. The number of primary amides is 1. The van der Waals surface area contributed by atoms with E-state index in [0.717, 1.165) is 37.7 Å². The molecular weight excluding hydrogens is 1060 g/mol. The second-order valence-electron chi connectivity index (χ2n) is 21.3. The molecular formula is C57H67ClN12O9S. The van der Waals surface area contributed by atoms with Crippen molar-refractivity contribution in [3.8, 4) is 16.1 Å². The molecule has 21 nitrogen and oxygen atoms in total. The van der Waals surface area contributed by atoms with Gasteiger partial charge in [-0.3, -0.25) is 47.9 Å². The highest BCUT2D eigenvalue weighted by atomic mass is 35.5. The van der Waals surface area contributed by atoms with E-state index in [0.29, 0.717) is 34.4 Å². The van der Waals surface area contributed by atoms with Crippen molar-refractivity contribution in [2.75, 3.05) is 32.8 Å². The minimum atomic E-state index is -1.50. The lowest BCUT2D eigenvalue weighted by molar-refractivity contribution is -0.145. The number of aliphatic imine (C=N–C) groups is 1. The first-order valence-electron chi connectivity index (χ1n) is 26.6. The number of benzene rings is 3. The van der Waals surface area contributed by atoms with Crippen LogP contribution in [0.4, 0.5) is 0 Å². The summed E-state index contributed by atoms with van der Waals surface area (Å²) < 4.78 is 7.52. The molecule has 0 saturated carbocycles. The number of aromatic nitrogens is 3. The highest BCUT2D eigenvalue weighted by Crippen LogP contribution is 2.40. The Morgan fingerprint density at radius 1 is 0.812 bits per heavy atom. The minimum absolute atomic E-state index is 0.0647. The topological polar surface area (TPSA) is 290 Å². The van der Waals surface area contributed by atoms with E-state index in [-0.39, 0.29) is 51.8 Å². The van der Waals surface area contributed by atoms with Gasteiger partial charge in [-0.1, -0.05) is 99.1 Å². The van der Waals surface area contributed by atoms with Crippen molar-refractivity contribution in [2.24, 2.45) is 16.1 Å². The molecule has 8 amide bonds. The molecule has 2 saturated heterocycles. The fraction of sp³-hybridized carbons (Fsp3) is 0.421. The number of nitrogens with zero attached hydrogens (tertiary/aromatic N) is 5. The van der Waals surface area contributed by atoms with Gasteiger partial charge in [0, 0.05) is 53.5 Å². The number of hydrogen-bond donors (Lipinski definition) is 7. The SMILES string of the molecule is Cc1sc2c(c1C)C(c1ccc(Cl)cc1)=N[C@@H](CC(=O)NC[C@H]1NC(=O)[C@@H](CCC(N)=O)NC(=O)[C@@H](Cc3ccc(-c4ccccc4)cc3)NC(=O)[C@@H]3CCCN3C(=O)C(C(C)(C)C)NC(=O)COCCNC1=O)c1nnc(C)n1-2. The molecule has 23 heteroatoms. The monoisotopic (exact) mass is 1130 g/mol. The molecule has 80 heavy (non-hydrogen) atoms. The van der Waals surface area contributed by atoms with Crippen LogP contribution in [0.2, 0.25) is 5.02 Å². The molecule has 0 radical (unpaired) electrons. The van der Waals surface area contributed by atoms with Crippen LogP contribution in [0.3, 0.4) is 0 Å². The van der Waals surface area contributed by atoms with Crippen LogP contribution in [0.5, 0.6) is 0 Å². The number of hydrogen-bond acceptors (Lipinski definition) is 13. The fourth-order valence-corrected chi connectivity index (χ4v) is 11.3. The molecule has 2 aromatic heterocycles. The van der Waals surface area contributed by atoms with Crippen molar-refractivity contribution < 1.29 is 43.1 Å². The molecule has 0 bridgehead atoms. The smallest absolute Gasteiger partial charge is 0.246 e. The average Bonchev–Trinajstić information content (AvgIpc) is 4.16. The van der Waals surface area contributed by atoms with Crippen LogP contribution in [0.1, 0.15) is 97.7 Å². The second kappa shape index (κ2) is 25.5. The molecule has 3 aliphatic heterocycles. The van der Waals surface area contributed by atoms with E-state index in [2.05, 4.69) is 42.1 Å². The van der Waals surface area contributed by atoms with E-state index in [4.69, 9.17) is 27.1 Å².